The van der Waals surface area contributed by atoms with Crippen LogP contribution in [0.1, 0.15) is 27.2 Å². The lowest BCUT2D eigenvalue weighted by atomic mass is 9.88. The third kappa shape index (κ3) is 9.36. The van der Waals surface area contributed by atoms with Gasteiger partial charge in [-0.05, 0) is 0 Å². The topological polar surface area (TPSA) is 353 Å². The molecule has 0 aliphatic carbocycles. The number of ether oxygens (including phenoxy) is 5. The maximum atomic E-state index is 12.5. The molecule has 282 valence electrons. The second-order valence-electron chi connectivity index (χ2n) is 12.0. The summed E-state index contributed by atoms with van der Waals surface area (Å²) < 4.78 is 27.8. The van der Waals surface area contributed by atoms with Crippen molar-refractivity contribution in [2.24, 2.45) is 0 Å². The van der Waals surface area contributed by atoms with Gasteiger partial charge in [-0.2, -0.15) is 0 Å². The lowest BCUT2D eigenvalue weighted by Crippen LogP contribution is -2.70. The Morgan fingerprint density at radius 3 is 1.92 bits per heavy atom. The molecule has 16 atom stereocenters. The first kappa shape index (κ1) is 40.7. The Morgan fingerprint density at radius 1 is 0.816 bits per heavy atom. The summed E-state index contributed by atoms with van der Waals surface area (Å²) in [5.74, 6) is -6.92. The third-order valence-corrected chi connectivity index (χ3v) is 8.27. The Kier molecular flexibility index (Phi) is 14.2. The Morgan fingerprint density at radius 2 is 1.39 bits per heavy atom. The van der Waals surface area contributed by atoms with Crippen molar-refractivity contribution in [1.82, 2.24) is 16.0 Å². The molecule has 3 heterocycles. The number of carboxylic acids is 1. The molecule has 0 bridgehead atoms. The van der Waals surface area contributed by atoms with E-state index < -0.39 is 147 Å². The van der Waals surface area contributed by atoms with Crippen LogP contribution >= 0.6 is 0 Å². The summed E-state index contributed by atoms with van der Waals surface area (Å²) in [5.41, 5.74) is 0. The average Bonchev–Trinajstić information content (AvgIpc) is 3.02. The fourth-order valence-corrected chi connectivity index (χ4v) is 5.86. The number of aliphatic hydroxyl groups excluding tert-OH is 9. The van der Waals surface area contributed by atoms with E-state index in [-0.39, 0.29) is 0 Å². The van der Waals surface area contributed by atoms with Gasteiger partial charge < -0.3 is 90.7 Å². The zero-order chi connectivity index (χ0) is 37.0. The lowest BCUT2D eigenvalue weighted by molar-refractivity contribution is -0.342. The molecule has 5 unspecified atom stereocenters. The van der Waals surface area contributed by atoms with Crippen molar-refractivity contribution in [3.63, 3.8) is 0 Å². The van der Waals surface area contributed by atoms with Crippen LogP contribution in [0.2, 0.25) is 0 Å². The van der Waals surface area contributed by atoms with Crippen molar-refractivity contribution < 1.29 is 93.9 Å². The van der Waals surface area contributed by atoms with Crippen LogP contribution in [0.5, 0.6) is 0 Å². The molecule has 3 amide bonds. The molecule has 3 fully saturated rings. The fraction of sp³-hybridized carbons (Fsp3) is 0.852. The number of hydrogen-bond acceptors (Lipinski definition) is 18. The molecule has 3 rings (SSSR count). The number of hydrogen-bond donors (Lipinski definition) is 13. The van der Waals surface area contributed by atoms with Gasteiger partial charge in [-0.25, -0.2) is 4.79 Å². The number of carbonyl (C=O) groups excluding carboxylic acids is 3. The zero-order valence-corrected chi connectivity index (χ0v) is 26.6. The summed E-state index contributed by atoms with van der Waals surface area (Å²) in [6.07, 6.45) is -22.7. The molecular formula is C27H45N3O19. The summed E-state index contributed by atoms with van der Waals surface area (Å²) >= 11 is 0. The third-order valence-electron chi connectivity index (χ3n) is 8.27. The lowest BCUT2D eigenvalue weighted by Gasteiger charge is -2.49. The molecule has 3 aliphatic heterocycles. The van der Waals surface area contributed by atoms with Gasteiger partial charge in [0.25, 0.3) is 5.79 Å². The molecule has 0 spiro atoms. The minimum atomic E-state index is -2.86. The van der Waals surface area contributed by atoms with Crippen LogP contribution in [-0.4, -0.2) is 192 Å². The SMILES string of the molecule is CC(=O)N[C@H]1C(O)[C@H](O)C(CO)O[C@H]1OC1[C@@H](O)C(CO[C@]2(C(=O)O)C[C@@H](O)[C@@H](NC(C)=O)C([C@H](O)[C@H](O)CO)O2)O[C@H](O)[C@H]1NC(C)=O. The summed E-state index contributed by atoms with van der Waals surface area (Å²) in [6.45, 7) is 0.360. The Bertz CT molecular complexity index is 1170. The molecular weight excluding hydrogens is 670 g/mol. The molecule has 3 aliphatic rings. The highest BCUT2D eigenvalue weighted by Gasteiger charge is 2.57. The number of rotatable bonds is 13. The van der Waals surface area contributed by atoms with Gasteiger partial charge in [0, 0.05) is 27.2 Å². The highest BCUT2D eigenvalue weighted by Crippen LogP contribution is 2.35. The number of aliphatic hydroxyl groups is 9. The first-order valence-electron chi connectivity index (χ1n) is 15.2. The molecule has 13 N–H and O–H groups in total. The molecule has 0 aromatic rings. The highest BCUT2D eigenvalue weighted by atomic mass is 16.7. The molecule has 49 heavy (non-hydrogen) atoms. The van der Waals surface area contributed by atoms with E-state index in [2.05, 4.69) is 16.0 Å². The summed E-state index contributed by atoms with van der Waals surface area (Å²) in [7, 11) is 0. The van der Waals surface area contributed by atoms with E-state index in [4.69, 9.17) is 23.7 Å². The van der Waals surface area contributed by atoms with Crippen molar-refractivity contribution in [3.05, 3.63) is 0 Å². The van der Waals surface area contributed by atoms with Crippen molar-refractivity contribution in [2.75, 3.05) is 19.8 Å². The molecule has 0 aromatic heterocycles. The van der Waals surface area contributed by atoms with E-state index in [1.807, 2.05) is 0 Å². The van der Waals surface area contributed by atoms with E-state index in [1.165, 1.54) is 0 Å². The monoisotopic (exact) mass is 715 g/mol. The molecule has 22 heteroatoms. The first-order valence-corrected chi connectivity index (χ1v) is 15.2. The van der Waals surface area contributed by atoms with Crippen LogP contribution in [0.3, 0.4) is 0 Å². The summed E-state index contributed by atoms with van der Waals surface area (Å²) in [5, 5.41) is 111. The van der Waals surface area contributed by atoms with Gasteiger partial charge in [0.1, 0.15) is 67.0 Å². The van der Waals surface area contributed by atoms with E-state index in [1.54, 1.807) is 0 Å². The maximum Gasteiger partial charge on any atom is 0.364 e. The van der Waals surface area contributed by atoms with E-state index in [0.29, 0.717) is 0 Å². The number of carboxylic acid groups (broad SMARTS) is 1. The number of amides is 3. The smallest absolute Gasteiger partial charge is 0.364 e. The van der Waals surface area contributed by atoms with Gasteiger partial charge >= 0.3 is 5.97 Å². The second-order valence-corrected chi connectivity index (χ2v) is 12.0. The Labute approximate surface area is 278 Å². The van der Waals surface area contributed by atoms with Crippen molar-refractivity contribution in [1.29, 1.82) is 0 Å². The molecule has 0 radical (unpaired) electrons. The average molecular weight is 716 g/mol. The van der Waals surface area contributed by atoms with E-state index in [9.17, 15) is 70.2 Å². The molecule has 22 nitrogen and oxygen atoms in total. The number of aliphatic carboxylic acids is 1. The normalized spacial score (nSPS) is 40.9. The molecule has 0 saturated carbocycles. The van der Waals surface area contributed by atoms with E-state index >= 15 is 0 Å². The van der Waals surface area contributed by atoms with Gasteiger partial charge in [0.2, 0.25) is 17.7 Å². The predicted octanol–water partition coefficient (Wildman–Crippen LogP) is -7.94. The van der Waals surface area contributed by atoms with Gasteiger partial charge in [-0.3, -0.25) is 14.4 Å². The van der Waals surface area contributed by atoms with Gasteiger partial charge in [-0.15, -0.1) is 0 Å². The summed E-state index contributed by atoms with van der Waals surface area (Å²) in [6, 6.07) is -4.60. The van der Waals surface area contributed by atoms with Gasteiger partial charge in [0.05, 0.1) is 32.0 Å². The number of nitrogens with one attached hydrogen (secondary N) is 3. The minimum absolute atomic E-state index is 0.711. The van der Waals surface area contributed by atoms with Gasteiger partial charge in [0.15, 0.2) is 12.6 Å². The van der Waals surface area contributed by atoms with Gasteiger partial charge in [-0.1, -0.05) is 0 Å². The number of carbonyl (C=O) groups is 4. The Hall–Kier alpha value is -2.68. The van der Waals surface area contributed by atoms with Crippen LogP contribution in [0.15, 0.2) is 0 Å². The van der Waals surface area contributed by atoms with Crippen LogP contribution in [0, 0.1) is 0 Å². The van der Waals surface area contributed by atoms with Crippen LogP contribution < -0.4 is 16.0 Å². The fourth-order valence-electron chi connectivity index (χ4n) is 5.86. The van der Waals surface area contributed by atoms with Crippen molar-refractivity contribution in [3.8, 4) is 0 Å². The molecule has 3 saturated heterocycles. The standard InChI is InChI=1S/C27H45N3O19/c1-8(33)28-15-11(36)4-27(26(43)44,49-23(15)18(38)12(37)5-31)45-7-14-20(40)22(17(24(42)46-14)30-10(3)35)48-25-16(29-9(2)34)21(41)19(39)13(6-32)47-25/h11-25,31-32,36-42H,4-7H2,1-3H3,(H,28,33)(H,29,34)(H,30,35)(H,43,44)/t11-,12-,13?,14?,15-,16+,17+,18-,19-,20+,21?,22?,23?,24+,25+,27-/m1/s1. The zero-order valence-electron chi connectivity index (χ0n) is 26.6. The van der Waals surface area contributed by atoms with Crippen LogP contribution in [0.4, 0.5) is 0 Å². The second kappa shape index (κ2) is 17.0. The Balaban J connectivity index is 1.92. The van der Waals surface area contributed by atoms with Crippen LogP contribution in [-0.2, 0) is 42.9 Å². The molecule has 0 aromatic carbocycles. The predicted molar refractivity (Wildman–Crippen MR) is 153 cm³/mol. The first-order chi connectivity index (χ1) is 22.9. The quantitative estimate of drug-likeness (QED) is 0.0842. The maximum absolute atomic E-state index is 12.5. The van der Waals surface area contributed by atoms with E-state index in [0.717, 1.165) is 20.8 Å². The largest absolute Gasteiger partial charge is 0.477 e. The van der Waals surface area contributed by atoms with Crippen LogP contribution in [0.25, 0.3) is 0 Å². The van der Waals surface area contributed by atoms with Crippen molar-refractivity contribution >= 4 is 23.7 Å². The highest BCUT2D eigenvalue weighted by molar-refractivity contribution is 5.76. The summed E-state index contributed by atoms with van der Waals surface area (Å²) in [4.78, 5) is 48.2. The minimum Gasteiger partial charge on any atom is -0.477 e. The van der Waals surface area contributed by atoms with Crippen molar-refractivity contribution in [2.45, 2.75) is 125 Å².